The lowest BCUT2D eigenvalue weighted by Gasteiger charge is -2.15. The lowest BCUT2D eigenvalue weighted by Crippen LogP contribution is -2.10. The Morgan fingerprint density at radius 3 is 2.81 bits per heavy atom. The zero-order valence-corrected chi connectivity index (χ0v) is 12.8. The maximum absolute atomic E-state index is 10.7. The van der Waals surface area contributed by atoms with Gasteiger partial charge in [-0.05, 0) is 25.1 Å². The van der Waals surface area contributed by atoms with Crippen LogP contribution in [0.15, 0.2) is 36.7 Å². The molecular weight excluding hydrogens is 309 g/mol. The summed E-state index contributed by atoms with van der Waals surface area (Å²) < 4.78 is 1.68. The van der Waals surface area contributed by atoms with Crippen LogP contribution in [0.1, 0.15) is 24.3 Å². The summed E-state index contributed by atoms with van der Waals surface area (Å²) in [6.07, 6.45) is 2.30. The number of halogens is 2. The zero-order chi connectivity index (χ0) is 15.0. The third-order valence-electron chi connectivity index (χ3n) is 3.43. The van der Waals surface area contributed by atoms with E-state index in [-0.39, 0.29) is 0 Å². The van der Waals surface area contributed by atoms with Crippen LogP contribution in [-0.2, 0) is 6.54 Å². The van der Waals surface area contributed by atoms with E-state index < -0.39 is 6.10 Å². The number of benzene rings is 1. The summed E-state index contributed by atoms with van der Waals surface area (Å²) in [5, 5.41) is 16.7. The van der Waals surface area contributed by atoms with Crippen molar-refractivity contribution in [3.63, 3.8) is 0 Å². The minimum atomic E-state index is -0.908. The van der Waals surface area contributed by atoms with Gasteiger partial charge in [-0.2, -0.15) is 5.10 Å². The van der Waals surface area contributed by atoms with Gasteiger partial charge in [0.2, 0.25) is 0 Å². The summed E-state index contributed by atoms with van der Waals surface area (Å²) >= 11 is 12.3. The molecule has 0 aliphatic rings. The van der Waals surface area contributed by atoms with Gasteiger partial charge in [-0.3, -0.25) is 9.67 Å². The van der Waals surface area contributed by atoms with Crippen molar-refractivity contribution in [2.24, 2.45) is 0 Å². The summed E-state index contributed by atoms with van der Waals surface area (Å²) in [5.74, 6) is 0. The van der Waals surface area contributed by atoms with Gasteiger partial charge < -0.3 is 5.11 Å². The molecule has 21 heavy (non-hydrogen) atoms. The van der Waals surface area contributed by atoms with Gasteiger partial charge in [-0.25, -0.2) is 0 Å². The van der Waals surface area contributed by atoms with Crippen molar-refractivity contribution < 1.29 is 5.11 Å². The molecule has 3 aromatic rings. The van der Waals surface area contributed by atoms with Crippen molar-refractivity contribution in [1.29, 1.82) is 0 Å². The number of fused-ring (bicyclic) bond motifs is 1. The molecule has 6 heteroatoms. The van der Waals surface area contributed by atoms with E-state index in [0.29, 0.717) is 33.4 Å². The highest BCUT2D eigenvalue weighted by molar-refractivity contribution is 6.35. The Balaban J connectivity index is 2.21. The van der Waals surface area contributed by atoms with Crippen molar-refractivity contribution in [2.45, 2.75) is 19.6 Å². The maximum Gasteiger partial charge on any atom is 0.124 e. The molecule has 0 amide bonds. The SMILES string of the molecule is CCn1ncc(Cl)c1C(O)c1ccc(Cl)c2cccnc12. The molecule has 0 fully saturated rings. The van der Waals surface area contributed by atoms with Crippen molar-refractivity contribution in [3.8, 4) is 0 Å². The fourth-order valence-corrected chi connectivity index (χ4v) is 2.88. The van der Waals surface area contributed by atoms with Gasteiger partial charge in [0.05, 0.1) is 22.4 Å². The Kier molecular flexibility index (Phi) is 3.85. The van der Waals surface area contributed by atoms with E-state index in [9.17, 15) is 5.11 Å². The number of hydrogen-bond acceptors (Lipinski definition) is 3. The van der Waals surface area contributed by atoms with Crippen molar-refractivity contribution in [3.05, 3.63) is 58.0 Å². The number of rotatable bonds is 3. The number of nitrogens with zero attached hydrogens (tertiary/aromatic N) is 3. The van der Waals surface area contributed by atoms with Crippen LogP contribution < -0.4 is 0 Å². The minimum absolute atomic E-state index is 0.434. The van der Waals surface area contributed by atoms with Crippen LogP contribution in [0.4, 0.5) is 0 Å². The first kappa shape index (κ1) is 14.3. The van der Waals surface area contributed by atoms with E-state index in [1.807, 2.05) is 19.1 Å². The molecule has 1 atom stereocenters. The molecule has 1 N–H and O–H groups in total. The van der Waals surface area contributed by atoms with E-state index >= 15 is 0 Å². The highest BCUT2D eigenvalue weighted by atomic mass is 35.5. The van der Waals surface area contributed by atoms with Gasteiger partial charge in [0.15, 0.2) is 0 Å². The van der Waals surface area contributed by atoms with E-state index in [0.717, 1.165) is 5.39 Å². The topological polar surface area (TPSA) is 50.9 Å². The molecule has 2 heterocycles. The first-order chi connectivity index (χ1) is 10.1. The predicted molar refractivity (Wildman–Crippen MR) is 83.7 cm³/mol. The van der Waals surface area contributed by atoms with Gasteiger partial charge in [-0.15, -0.1) is 0 Å². The van der Waals surface area contributed by atoms with Gasteiger partial charge in [0.25, 0.3) is 0 Å². The van der Waals surface area contributed by atoms with Crippen molar-refractivity contribution in [1.82, 2.24) is 14.8 Å². The Labute approximate surface area is 131 Å². The molecule has 0 saturated carbocycles. The fraction of sp³-hybridized carbons (Fsp3) is 0.200. The maximum atomic E-state index is 10.7. The van der Waals surface area contributed by atoms with Crippen LogP contribution in [0.25, 0.3) is 10.9 Å². The number of aromatic nitrogens is 3. The molecule has 0 aliphatic carbocycles. The first-order valence-electron chi connectivity index (χ1n) is 6.56. The molecule has 0 saturated heterocycles. The monoisotopic (exact) mass is 321 g/mol. The molecule has 2 aromatic heterocycles. The largest absolute Gasteiger partial charge is 0.382 e. The number of pyridine rings is 1. The predicted octanol–water partition coefficient (Wildman–Crippen LogP) is 3.84. The molecule has 0 aliphatic heterocycles. The summed E-state index contributed by atoms with van der Waals surface area (Å²) in [7, 11) is 0. The second kappa shape index (κ2) is 5.64. The second-order valence-electron chi connectivity index (χ2n) is 4.63. The van der Waals surface area contributed by atoms with E-state index in [4.69, 9.17) is 23.2 Å². The van der Waals surface area contributed by atoms with E-state index in [1.54, 1.807) is 23.0 Å². The molecule has 1 aromatic carbocycles. The highest BCUT2D eigenvalue weighted by Crippen LogP contribution is 2.34. The Morgan fingerprint density at radius 2 is 2.05 bits per heavy atom. The van der Waals surface area contributed by atoms with Gasteiger partial charge in [0.1, 0.15) is 6.10 Å². The second-order valence-corrected chi connectivity index (χ2v) is 5.45. The number of aliphatic hydroxyl groups excluding tert-OH is 1. The van der Waals surface area contributed by atoms with Crippen LogP contribution in [0.3, 0.4) is 0 Å². The summed E-state index contributed by atoms with van der Waals surface area (Å²) in [6, 6.07) is 7.21. The Bertz CT molecular complexity index is 801. The normalized spacial score (nSPS) is 12.8. The quantitative estimate of drug-likeness (QED) is 0.797. The Hall–Kier alpha value is -1.62. The standard InChI is InChI=1S/C15H13Cl2N3O/c1-2-20-14(12(17)8-19-20)15(21)10-5-6-11(16)9-4-3-7-18-13(9)10/h3-8,15,21H,2H2,1H3. The third-order valence-corrected chi connectivity index (χ3v) is 4.05. The number of aryl methyl sites for hydroxylation is 1. The fourth-order valence-electron chi connectivity index (χ4n) is 2.42. The van der Waals surface area contributed by atoms with Gasteiger partial charge in [-0.1, -0.05) is 29.3 Å². The van der Waals surface area contributed by atoms with Crippen molar-refractivity contribution in [2.75, 3.05) is 0 Å². The van der Waals surface area contributed by atoms with E-state index in [1.165, 1.54) is 6.20 Å². The van der Waals surface area contributed by atoms with Crippen LogP contribution in [0, 0.1) is 0 Å². The summed E-state index contributed by atoms with van der Waals surface area (Å²) in [6.45, 7) is 2.57. The van der Waals surface area contributed by atoms with Gasteiger partial charge in [0, 0.05) is 28.7 Å². The lowest BCUT2D eigenvalue weighted by molar-refractivity contribution is 0.209. The van der Waals surface area contributed by atoms with Crippen LogP contribution in [-0.4, -0.2) is 19.9 Å². The number of hydrogen-bond donors (Lipinski definition) is 1. The number of aliphatic hydroxyl groups is 1. The molecular formula is C15H13Cl2N3O. The smallest absolute Gasteiger partial charge is 0.124 e. The van der Waals surface area contributed by atoms with Crippen LogP contribution in [0.5, 0.6) is 0 Å². The Morgan fingerprint density at radius 1 is 1.24 bits per heavy atom. The molecule has 4 nitrogen and oxygen atoms in total. The van der Waals surface area contributed by atoms with Crippen LogP contribution in [0.2, 0.25) is 10.0 Å². The molecule has 1 unspecified atom stereocenters. The average Bonchev–Trinajstić information content (AvgIpc) is 2.88. The zero-order valence-electron chi connectivity index (χ0n) is 11.3. The molecule has 108 valence electrons. The van der Waals surface area contributed by atoms with Gasteiger partial charge >= 0.3 is 0 Å². The lowest BCUT2D eigenvalue weighted by atomic mass is 10.0. The third kappa shape index (κ3) is 2.39. The molecule has 0 spiro atoms. The average molecular weight is 322 g/mol. The van der Waals surface area contributed by atoms with Crippen LogP contribution >= 0.6 is 23.2 Å². The highest BCUT2D eigenvalue weighted by Gasteiger charge is 2.22. The van der Waals surface area contributed by atoms with E-state index in [2.05, 4.69) is 10.1 Å². The summed E-state index contributed by atoms with van der Waals surface area (Å²) in [4.78, 5) is 4.34. The molecule has 3 rings (SSSR count). The molecule has 0 radical (unpaired) electrons. The minimum Gasteiger partial charge on any atom is -0.382 e. The van der Waals surface area contributed by atoms with Crippen molar-refractivity contribution >= 4 is 34.1 Å². The summed E-state index contributed by atoms with van der Waals surface area (Å²) in [5.41, 5.74) is 1.89. The first-order valence-corrected chi connectivity index (χ1v) is 7.31. The molecule has 0 bridgehead atoms.